The first kappa shape index (κ1) is 22.4. The SMILES string of the molecule is CCC(C)C(NC(=O)Nc1ccccc1C)C(=O)Nc1nnc(-c2ccc(C)cc2)s1. The van der Waals surface area contributed by atoms with Crippen LogP contribution in [0.4, 0.5) is 15.6 Å². The number of para-hydroxylation sites is 1. The summed E-state index contributed by atoms with van der Waals surface area (Å²) < 4.78 is 0. The van der Waals surface area contributed by atoms with E-state index in [0.29, 0.717) is 10.8 Å². The van der Waals surface area contributed by atoms with Crippen molar-refractivity contribution in [2.75, 3.05) is 10.6 Å². The number of urea groups is 1. The lowest BCUT2D eigenvalue weighted by Gasteiger charge is -2.23. The fourth-order valence-corrected chi connectivity index (χ4v) is 3.74. The minimum Gasteiger partial charge on any atom is -0.326 e. The van der Waals surface area contributed by atoms with Gasteiger partial charge in [-0.1, -0.05) is 79.6 Å². The van der Waals surface area contributed by atoms with E-state index in [9.17, 15) is 9.59 Å². The molecule has 31 heavy (non-hydrogen) atoms. The lowest BCUT2D eigenvalue weighted by Crippen LogP contribution is -2.49. The van der Waals surface area contributed by atoms with Gasteiger partial charge in [0, 0.05) is 11.3 Å². The zero-order valence-corrected chi connectivity index (χ0v) is 18.9. The summed E-state index contributed by atoms with van der Waals surface area (Å²) in [6.45, 7) is 7.84. The van der Waals surface area contributed by atoms with Crippen molar-refractivity contribution in [3.8, 4) is 10.6 Å². The van der Waals surface area contributed by atoms with E-state index in [2.05, 4.69) is 26.1 Å². The fourth-order valence-electron chi connectivity index (χ4n) is 2.98. The maximum atomic E-state index is 12.9. The summed E-state index contributed by atoms with van der Waals surface area (Å²) in [5, 5.41) is 17.8. The molecule has 3 rings (SSSR count). The van der Waals surface area contributed by atoms with Crippen molar-refractivity contribution in [2.24, 2.45) is 5.92 Å². The van der Waals surface area contributed by atoms with Crippen LogP contribution in [0.15, 0.2) is 48.5 Å². The molecule has 0 fully saturated rings. The van der Waals surface area contributed by atoms with Crippen molar-refractivity contribution in [2.45, 2.75) is 40.2 Å². The molecule has 2 atom stereocenters. The van der Waals surface area contributed by atoms with Gasteiger partial charge >= 0.3 is 6.03 Å². The molecule has 3 amide bonds. The number of nitrogens with zero attached hydrogens (tertiary/aromatic N) is 2. The maximum absolute atomic E-state index is 12.9. The lowest BCUT2D eigenvalue weighted by molar-refractivity contribution is -0.119. The molecule has 0 aliphatic carbocycles. The third-order valence-electron chi connectivity index (χ3n) is 5.13. The number of benzene rings is 2. The zero-order valence-electron chi connectivity index (χ0n) is 18.1. The molecule has 0 saturated carbocycles. The molecule has 3 aromatic rings. The summed E-state index contributed by atoms with van der Waals surface area (Å²) in [7, 11) is 0. The molecule has 1 heterocycles. The van der Waals surface area contributed by atoms with Gasteiger partial charge in [-0.15, -0.1) is 10.2 Å². The van der Waals surface area contributed by atoms with E-state index in [0.717, 1.165) is 28.1 Å². The summed E-state index contributed by atoms with van der Waals surface area (Å²) in [4.78, 5) is 25.5. The Bertz CT molecular complexity index is 1050. The summed E-state index contributed by atoms with van der Waals surface area (Å²) in [6.07, 6.45) is 0.730. The highest BCUT2D eigenvalue weighted by Crippen LogP contribution is 2.27. The minimum absolute atomic E-state index is 0.0629. The molecular formula is C23H27N5O2S. The molecular weight excluding hydrogens is 410 g/mol. The third kappa shape index (κ3) is 5.88. The predicted molar refractivity (Wildman–Crippen MR) is 125 cm³/mol. The average Bonchev–Trinajstić information content (AvgIpc) is 3.22. The van der Waals surface area contributed by atoms with Crippen LogP contribution in [0.1, 0.15) is 31.4 Å². The van der Waals surface area contributed by atoms with Crippen molar-refractivity contribution in [1.82, 2.24) is 15.5 Å². The van der Waals surface area contributed by atoms with Gasteiger partial charge in [-0.05, 0) is 31.4 Å². The van der Waals surface area contributed by atoms with E-state index >= 15 is 0 Å². The highest BCUT2D eigenvalue weighted by Gasteiger charge is 2.27. The standard InChI is InChI=1S/C23H27N5O2S/c1-5-15(3)19(25-22(30)24-18-9-7-6-8-16(18)4)20(29)26-23-28-27-21(31-23)17-12-10-14(2)11-13-17/h6-13,15,19H,5H2,1-4H3,(H2,24,25,30)(H,26,28,29). The van der Waals surface area contributed by atoms with Gasteiger partial charge in [0.2, 0.25) is 11.0 Å². The summed E-state index contributed by atoms with van der Waals surface area (Å²) >= 11 is 1.30. The third-order valence-corrected chi connectivity index (χ3v) is 6.02. The number of aryl methyl sites for hydroxylation is 2. The molecule has 1 aromatic heterocycles. The zero-order chi connectivity index (χ0) is 22.4. The van der Waals surface area contributed by atoms with Gasteiger partial charge in [0.25, 0.3) is 0 Å². The van der Waals surface area contributed by atoms with Crippen LogP contribution in [0.25, 0.3) is 10.6 Å². The van der Waals surface area contributed by atoms with Crippen molar-refractivity contribution in [1.29, 1.82) is 0 Å². The number of anilines is 2. The van der Waals surface area contributed by atoms with Gasteiger partial charge in [-0.2, -0.15) is 0 Å². The molecule has 0 spiro atoms. The van der Waals surface area contributed by atoms with Crippen molar-refractivity contribution in [3.63, 3.8) is 0 Å². The number of carbonyl (C=O) groups is 2. The van der Waals surface area contributed by atoms with E-state index < -0.39 is 12.1 Å². The Labute approximate surface area is 186 Å². The van der Waals surface area contributed by atoms with Crippen molar-refractivity contribution < 1.29 is 9.59 Å². The fraction of sp³-hybridized carbons (Fsp3) is 0.304. The number of amides is 3. The molecule has 3 N–H and O–H groups in total. The molecule has 2 unspecified atom stereocenters. The van der Waals surface area contributed by atoms with Gasteiger partial charge < -0.3 is 10.6 Å². The lowest BCUT2D eigenvalue weighted by atomic mass is 9.98. The van der Waals surface area contributed by atoms with Crippen LogP contribution < -0.4 is 16.0 Å². The number of nitrogens with one attached hydrogen (secondary N) is 3. The Morgan fingerprint density at radius 3 is 2.39 bits per heavy atom. The molecule has 162 valence electrons. The Balaban J connectivity index is 1.68. The van der Waals surface area contributed by atoms with E-state index in [1.165, 1.54) is 11.3 Å². The van der Waals surface area contributed by atoms with Gasteiger partial charge in [-0.25, -0.2) is 4.79 Å². The van der Waals surface area contributed by atoms with Crippen LogP contribution >= 0.6 is 11.3 Å². The van der Waals surface area contributed by atoms with Crippen LogP contribution in [0.5, 0.6) is 0 Å². The monoisotopic (exact) mass is 437 g/mol. The first-order chi connectivity index (χ1) is 14.9. The van der Waals surface area contributed by atoms with Crippen LogP contribution in [-0.4, -0.2) is 28.2 Å². The van der Waals surface area contributed by atoms with Crippen molar-refractivity contribution >= 4 is 34.1 Å². The molecule has 8 heteroatoms. The van der Waals surface area contributed by atoms with Gasteiger partial charge in [0.15, 0.2) is 0 Å². The quantitative estimate of drug-likeness (QED) is 0.485. The van der Waals surface area contributed by atoms with Crippen LogP contribution in [0.2, 0.25) is 0 Å². The molecule has 0 aliphatic rings. The molecule has 7 nitrogen and oxygen atoms in total. The van der Waals surface area contributed by atoms with Crippen LogP contribution in [0, 0.1) is 19.8 Å². The van der Waals surface area contributed by atoms with Crippen LogP contribution in [0.3, 0.4) is 0 Å². The Kier molecular flexibility index (Phi) is 7.36. The number of carbonyl (C=O) groups excluding carboxylic acids is 2. The molecule has 0 saturated heterocycles. The number of hydrogen-bond donors (Lipinski definition) is 3. The molecule has 0 bridgehead atoms. The Morgan fingerprint density at radius 1 is 1.00 bits per heavy atom. The molecule has 0 aliphatic heterocycles. The number of hydrogen-bond acceptors (Lipinski definition) is 5. The first-order valence-corrected chi connectivity index (χ1v) is 11.0. The molecule has 2 aromatic carbocycles. The first-order valence-electron chi connectivity index (χ1n) is 10.2. The molecule has 0 radical (unpaired) electrons. The second-order valence-corrected chi connectivity index (χ2v) is 8.52. The Hall–Kier alpha value is -3.26. The highest BCUT2D eigenvalue weighted by atomic mass is 32.1. The number of aromatic nitrogens is 2. The highest BCUT2D eigenvalue weighted by molar-refractivity contribution is 7.18. The minimum atomic E-state index is -0.708. The summed E-state index contributed by atoms with van der Waals surface area (Å²) in [5.41, 5.74) is 3.75. The maximum Gasteiger partial charge on any atom is 0.319 e. The Morgan fingerprint density at radius 2 is 1.71 bits per heavy atom. The van der Waals surface area contributed by atoms with E-state index in [4.69, 9.17) is 0 Å². The topological polar surface area (TPSA) is 96.0 Å². The summed E-state index contributed by atoms with van der Waals surface area (Å²) in [6, 6.07) is 14.3. The normalized spacial score (nSPS) is 12.6. The predicted octanol–water partition coefficient (Wildman–Crippen LogP) is 5.00. The smallest absolute Gasteiger partial charge is 0.319 e. The second-order valence-electron chi connectivity index (χ2n) is 7.54. The van der Waals surface area contributed by atoms with Crippen molar-refractivity contribution in [3.05, 3.63) is 59.7 Å². The van der Waals surface area contributed by atoms with Crippen LogP contribution in [-0.2, 0) is 4.79 Å². The largest absolute Gasteiger partial charge is 0.326 e. The van der Waals surface area contributed by atoms with E-state index in [1.807, 2.05) is 76.2 Å². The average molecular weight is 438 g/mol. The van der Waals surface area contributed by atoms with Gasteiger partial charge in [0.1, 0.15) is 11.0 Å². The van der Waals surface area contributed by atoms with Gasteiger partial charge in [-0.3, -0.25) is 10.1 Å². The van der Waals surface area contributed by atoms with E-state index in [1.54, 1.807) is 0 Å². The summed E-state index contributed by atoms with van der Waals surface area (Å²) in [5.74, 6) is -0.381. The van der Waals surface area contributed by atoms with Gasteiger partial charge in [0.05, 0.1) is 0 Å². The second kappa shape index (κ2) is 10.2. The van der Waals surface area contributed by atoms with E-state index in [-0.39, 0.29) is 11.8 Å². The number of rotatable bonds is 7.